The third kappa shape index (κ3) is 37.4. The summed E-state index contributed by atoms with van der Waals surface area (Å²) in [5.74, 6) is -0.888. The van der Waals surface area contributed by atoms with Crippen LogP contribution in [-0.4, -0.2) is 41.0 Å². The molecule has 9 heteroatoms. The zero-order valence-corrected chi connectivity index (χ0v) is 31.8. The molecule has 0 amide bonds. The molecule has 0 spiro atoms. The summed E-state index contributed by atoms with van der Waals surface area (Å²) in [5.41, 5.74) is 0. The van der Waals surface area contributed by atoms with Gasteiger partial charge in [0.1, 0.15) is 6.61 Å². The highest BCUT2D eigenvalue weighted by Crippen LogP contribution is 2.36. The first-order valence-electron chi connectivity index (χ1n) is 19.6. The van der Waals surface area contributed by atoms with E-state index in [-0.39, 0.29) is 19.4 Å². The van der Waals surface area contributed by atoms with Gasteiger partial charge in [-0.15, -0.1) is 0 Å². The number of hydrogen-bond acceptors (Lipinski definition) is 6. The van der Waals surface area contributed by atoms with Gasteiger partial charge in [-0.25, -0.2) is 4.57 Å². The highest BCUT2D eigenvalue weighted by atomic mass is 31.2. The largest absolute Gasteiger partial charge is 0.469 e. The summed E-state index contributed by atoms with van der Waals surface area (Å²) in [7, 11) is -4.75. The van der Waals surface area contributed by atoms with Gasteiger partial charge in [-0.1, -0.05) is 160 Å². The summed E-state index contributed by atoms with van der Waals surface area (Å²) in [6, 6.07) is 0. The van der Waals surface area contributed by atoms with Crippen LogP contribution in [0.1, 0.15) is 194 Å². The van der Waals surface area contributed by atoms with E-state index in [1.54, 1.807) is 0 Å². The molecule has 0 bridgehead atoms. The number of unbranched alkanes of at least 4 members (excludes halogenated alkanes) is 22. The smallest absolute Gasteiger partial charge is 0.462 e. The second-order valence-electron chi connectivity index (χ2n) is 13.3. The summed E-state index contributed by atoms with van der Waals surface area (Å²) in [5, 5.41) is 0. The Bertz CT molecular complexity index is 838. The SMILES string of the molecule is CCCCC/C=C/C/C=C/CCCCCCCCCC(=O)OC[C@H](COP(=O)(O)O)OC(=O)CCCCCCCCCCCCCCC. The second-order valence-corrected chi connectivity index (χ2v) is 14.5. The quantitative estimate of drug-likeness (QED) is 0.0287. The summed E-state index contributed by atoms with van der Waals surface area (Å²) in [6.45, 7) is 3.65. The van der Waals surface area contributed by atoms with Crippen LogP contribution in [0.3, 0.4) is 0 Å². The number of phosphoric ester groups is 1. The molecule has 0 aromatic heterocycles. The number of allylic oxidation sites excluding steroid dienone is 4. The number of hydrogen-bond donors (Lipinski definition) is 2. The van der Waals surface area contributed by atoms with Crippen molar-refractivity contribution in [2.45, 2.75) is 200 Å². The molecule has 0 aromatic carbocycles. The van der Waals surface area contributed by atoms with Crippen LogP contribution in [0.2, 0.25) is 0 Å². The van der Waals surface area contributed by atoms with Crippen molar-refractivity contribution in [1.82, 2.24) is 0 Å². The van der Waals surface area contributed by atoms with Crippen LogP contribution in [0.15, 0.2) is 24.3 Å². The van der Waals surface area contributed by atoms with E-state index in [1.807, 2.05) is 0 Å². The minimum absolute atomic E-state index is 0.214. The first-order chi connectivity index (χ1) is 23.3. The van der Waals surface area contributed by atoms with Gasteiger partial charge in [-0.05, 0) is 44.9 Å². The molecular formula is C39H73O8P. The molecule has 1 atom stereocenters. The molecule has 0 saturated carbocycles. The normalized spacial score (nSPS) is 12.7. The van der Waals surface area contributed by atoms with Crippen LogP contribution in [-0.2, 0) is 28.2 Å². The maximum atomic E-state index is 12.4. The van der Waals surface area contributed by atoms with E-state index >= 15 is 0 Å². The highest BCUT2D eigenvalue weighted by molar-refractivity contribution is 7.46. The zero-order chi connectivity index (χ0) is 35.4. The minimum atomic E-state index is -4.75. The van der Waals surface area contributed by atoms with Crippen LogP contribution in [0.4, 0.5) is 0 Å². The lowest BCUT2D eigenvalue weighted by Crippen LogP contribution is -2.29. The Balaban J connectivity index is 3.93. The molecule has 8 nitrogen and oxygen atoms in total. The van der Waals surface area contributed by atoms with E-state index in [0.29, 0.717) is 6.42 Å². The number of rotatable bonds is 36. The van der Waals surface area contributed by atoms with Gasteiger partial charge < -0.3 is 19.3 Å². The fourth-order valence-corrected chi connectivity index (χ4v) is 5.88. The minimum Gasteiger partial charge on any atom is -0.462 e. The molecule has 2 N–H and O–H groups in total. The molecule has 0 aliphatic carbocycles. The maximum absolute atomic E-state index is 12.4. The molecule has 0 fully saturated rings. The monoisotopic (exact) mass is 701 g/mol. The summed E-state index contributed by atoms with van der Waals surface area (Å²) < 4.78 is 26.3. The number of phosphoric acid groups is 1. The van der Waals surface area contributed by atoms with Crippen molar-refractivity contribution in [3.63, 3.8) is 0 Å². The average Bonchev–Trinajstić information content (AvgIpc) is 3.05. The molecule has 48 heavy (non-hydrogen) atoms. The fraction of sp³-hybridized carbons (Fsp3) is 0.846. The van der Waals surface area contributed by atoms with Gasteiger partial charge >= 0.3 is 19.8 Å². The zero-order valence-electron chi connectivity index (χ0n) is 30.9. The Morgan fingerprint density at radius 3 is 1.42 bits per heavy atom. The number of carbonyl (C=O) groups excluding carboxylic acids is 2. The topological polar surface area (TPSA) is 119 Å². The standard InChI is InChI=1S/C39H73O8P/c1-3-5-7-9-11-13-15-17-18-19-20-22-23-25-27-29-31-33-38(40)45-35-37(36-46-48(42,43)44)47-39(41)34-32-30-28-26-24-21-16-14-12-10-8-6-4-2/h11,13,17-18,37H,3-10,12,14-16,19-36H2,1-2H3,(H2,42,43,44)/b13-11+,18-17+/t37-/m1/s1. The van der Waals surface area contributed by atoms with Crippen molar-refractivity contribution in [2.75, 3.05) is 13.2 Å². The Hall–Kier alpha value is -1.47. The molecule has 0 aliphatic rings. The Morgan fingerprint density at radius 2 is 0.938 bits per heavy atom. The molecular weight excluding hydrogens is 627 g/mol. The van der Waals surface area contributed by atoms with Gasteiger partial charge in [-0.3, -0.25) is 14.1 Å². The molecule has 0 heterocycles. The van der Waals surface area contributed by atoms with Gasteiger partial charge in [0, 0.05) is 12.8 Å². The lowest BCUT2D eigenvalue weighted by molar-refractivity contribution is -0.161. The third-order valence-corrected chi connectivity index (χ3v) is 8.96. The Morgan fingerprint density at radius 1 is 0.542 bits per heavy atom. The van der Waals surface area contributed by atoms with Gasteiger partial charge in [0.2, 0.25) is 0 Å². The van der Waals surface area contributed by atoms with Crippen LogP contribution in [0.5, 0.6) is 0 Å². The predicted octanol–water partition coefficient (Wildman–Crippen LogP) is 11.6. The molecule has 0 saturated heterocycles. The van der Waals surface area contributed by atoms with E-state index in [4.69, 9.17) is 19.3 Å². The lowest BCUT2D eigenvalue weighted by Gasteiger charge is -2.18. The molecule has 0 unspecified atom stereocenters. The van der Waals surface area contributed by atoms with Crippen molar-refractivity contribution in [2.24, 2.45) is 0 Å². The van der Waals surface area contributed by atoms with Crippen LogP contribution >= 0.6 is 7.82 Å². The van der Waals surface area contributed by atoms with Crippen molar-refractivity contribution < 1.29 is 37.9 Å². The second kappa shape index (κ2) is 35.4. The average molecular weight is 701 g/mol. The van der Waals surface area contributed by atoms with Crippen molar-refractivity contribution in [1.29, 1.82) is 0 Å². The lowest BCUT2D eigenvalue weighted by atomic mass is 10.0. The number of ether oxygens (including phenoxy) is 2. The predicted molar refractivity (Wildman–Crippen MR) is 198 cm³/mol. The molecule has 0 rings (SSSR count). The summed E-state index contributed by atoms with van der Waals surface area (Å²) in [6.07, 6.45) is 38.9. The molecule has 0 aromatic rings. The van der Waals surface area contributed by atoms with Crippen molar-refractivity contribution >= 4 is 19.8 Å². The first-order valence-corrected chi connectivity index (χ1v) is 21.2. The summed E-state index contributed by atoms with van der Waals surface area (Å²) >= 11 is 0. The van der Waals surface area contributed by atoms with Crippen LogP contribution < -0.4 is 0 Å². The van der Waals surface area contributed by atoms with Gasteiger partial charge in [-0.2, -0.15) is 0 Å². The molecule has 0 aliphatic heterocycles. The van der Waals surface area contributed by atoms with Crippen molar-refractivity contribution in [3.05, 3.63) is 24.3 Å². The van der Waals surface area contributed by atoms with Gasteiger partial charge in [0.15, 0.2) is 6.10 Å². The Labute approximate surface area is 294 Å². The van der Waals surface area contributed by atoms with Crippen LogP contribution in [0, 0.1) is 0 Å². The van der Waals surface area contributed by atoms with Crippen molar-refractivity contribution in [3.8, 4) is 0 Å². The van der Waals surface area contributed by atoms with Gasteiger partial charge in [0.05, 0.1) is 6.61 Å². The third-order valence-electron chi connectivity index (χ3n) is 8.47. The highest BCUT2D eigenvalue weighted by Gasteiger charge is 2.22. The number of carbonyl (C=O) groups is 2. The number of esters is 2. The first kappa shape index (κ1) is 46.5. The van der Waals surface area contributed by atoms with E-state index in [2.05, 4.69) is 42.7 Å². The maximum Gasteiger partial charge on any atom is 0.469 e. The van der Waals surface area contributed by atoms with Gasteiger partial charge in [0.25, 0.3) is 0 Å². The summed E-state index contributed by atoms with van der Waals surface area (Å²) in [4.78, 5) is 42.7. The van der Waals surface area contributed by atoms with Crippen LogP contribution in [0.25, 0.3) is 0 Å². The van der Waals surface area contributed by atoms with E-state index in [9.17, 15) is 14.2 Å². The van der Waals surface area contributed by atoms with E-state index in [1.165, 1.54) is 103 Å². The molecule has 0 radical (unpaired) electrons. The van der Waals surface area contributed by atoms with E-state index < -0.39 is 32.5 Å². The Kier molecular flexibility index (Phi) is 34.3. The fourth-order valence-electron chi connectivity index (χ4n) is 5.52. The van der Waals surface area contributed by atoms with E-state index in [0.717, 1.165) is 57.8 Å². The molecule has 282 valence electrons.